The summed E-state index contributed by atoms with van der Waals surface area (Å²) in [5, 5.41) is 11.6. The summed E-state index contributed by atoms with van der Waals surface area (Å²) in [6, 6.07) is 12.6. The van der Waals surface area contributed by atoms with Gasteiger partial charge in [-0.15, -0.1) is 11.8 Å². The number of nitrogens with zero attached hydrogens (tertiary/aromatic N) is 3. The number of benzene rings is 1. The van der Waals surface area contributed by atoms with Gasteiger partial charge in [0.05, 0.1) is 16.6 Å². The zero-order valence-corrected chi connectivity index (χ0v) is 21.6. The molecule has 32 heavy (non-hydrogen) atoms. The number of pyridine rings is 1. The molecule has 0 unspecified atom stereocenters. The molecule has 0 amide bonds. The molecule has 0 spiro atoms. The lowest BCUT2D eigenvalue weighted by Gasteiger charge is -2.23. The van der Waals surface area contributed by atoms with Crippen molar-refractivity contribution < 1.29 is 0 Å². The van der Waals surface area contributed by atoms with Crippen molar-refractivity contribution in [3.05, 3.63) is 83.0 Å². The Hall–Kier alpha value is -2.42. The minimum Gasteiger partial charge on any atom is -0.335 e. The Morgan fingerprint density at radius 1 is 1.25 bits per heavy atom. The largest absolute Gasteiger partial charge is 0.335 e. The van der Waals surface area contributed by atoms with Crippen LogP contribution in [-0.4, -0.2) is 22.2 Å². The minimum absolute atomic E-state index is 0.506. The van der Waals surface area contributed by atoms with Crippen LogP contribution in [0.3, 0.4) is 0 Å². The van der Waals surface area contributed by atoms with Crippen LogP contribution in [0.25, 0.3) is 10.9 Å². The number of para-hydroxylation sites is 1. The molecule has 5 heteroatoms. The van der Waals surface area contributed by atoms with Gasteiger partial charge in [0.15, 0.2) is 0 Å². The van der Waals surface area contributed by atoms with Gasteiger partial charge >= 0.3 is 0 Å². The fraction of sp³-hybridized carbons (Fsp3) is 0.333. The second kappa shape index (κ2) is 16.2. The summed E-state index contributed by atoms with van der Waals surface area (Å²) in [5.41, 5.74) is 2.17. The van der Waals surface area contributed by atoms with Gasteiger partial charge in [0.2, 0.25) is 0 Å². The fourth-order valence-electron chi connectivity index (χ4n) is 3.06. The van der Waals surface area contributed by atoms with Crippen LogP contribution < -0.4 is 0 Å². The zero-order valence-electron chi connectivity index (χ0n) is 20.0. The van der Waals surface area contributed by atoms with Gasteiger partial charge in [0, 0.05) is 45.8 Å². The first-order valence-corrected chi connectivity index (χ1v) is 13.1. The van der Waals surface area contributed by atoms with E-state index >= 15 is 0 Å². The minimum atomic E-state index is 0.506. The standard InChI is InChI=1S/C23H23N3S2.2C2H6/c1-3-5-11-19(4-2)26-16-17-27-23(26)21(13-7-14-24)28-20-12-6-9-18-10-8-15-25-22(18)20;2*1-2/h3-6,8-12,15H,1,7,13,16-17H2,2H3;2*1-2H3/b11-5-,19-4+,23-21-;;. The molecule has 0 radical (unpaired) electrons. The molecule has 1 fully saturated rings. The van der Waals surface area contributed by atoms with Crippen LogP contribution in [0.5, 0.6) is 0 Å². The highest BCUT2D eigenvalue weighted by molar-refractivity contribution is 8.07. The van der Waals surface area contributed by atoms with Crippen LogP contribution in [0.1, 0.15) is 47.5 Å². The smallest absolute Gasteiger partial charge is 0.0853 e. The number of rotatable bonds is 7. The molecule has 1 saturated heterocycles. The fourth-order valence-corrected chi connectivity index (χ4v) is 5.53. The molecule has 0 saturated carbocycles. The van der Waals surface area contributed by atoms with Crippen LogP contribution in [0.2, 0.25) is 0 Å². The van der Waals surface area contributed by atoms with Crippen molar-refractivity contribution in [2.75, 3.05) is 12.3 Å². The van der Waals surface area contributed by atoms with E-state index in [1.807, 2.05) is 57.8 Å². The third-order valence-corrected chi connectivity index (χ3v) is 6.79. The van der Waals surface area contributed by atoms with E-state index in [1.54, 1.807) is 17.8 Å². The topological polar surface area (TPSA) is 39.9 Å². The first kappa shape index (κ1) is 27.6. The van der Waals surface area contributed by atoms with E-state index in [1.165, 1.54) is 9.93 Å². The van der Waals surface area contributed by atoms with Crippen molar-refractivity contribution in [3.63, 3.8) is 0 Å². The molecule has 0 N–H and O–H groups in total. The molecule has 0 bridgehead atoms. The van der Waals surface area contributed by atoms with Gasteiger partial charge in [-0.25, -0.2) is 0 Å². The van der Waals surface area contributed by atoms with Crippen molar-refractivity contribution in [2.24, 2.45) is 0 Å². The predicted molar refractivity (Wildman–Crippen MR) is 144 cm³/mol. The molecule has 0 atom stereocenters. The normalized spacial score (nSPS) is 14.9. The molecule has 2 heterocycles. The van der Waals surface area contributed by atoms with Crippen LogP contribution in [0.15, 0.2) is 87.9 Å². The molecule has 170 valence electrons. The number of aromatic nitrogens is 1. The van der Waals surface area contributed by atoms with Gasteiger partial charge in [0.1, 0.15) is 0 Å². The van der Waals surface area contributed by atoms with E-state index in [2.05, 4.69) is 65.9 Å². The van der Waals surface area contributed by atoms with Crippen molar-refractivity contribution in [1.82, 2.24) is 9.88 Å². The highest BCUT2D eigenvalue weighted by Crippen LogP contribution is 2.43. The van der Waals surface area contributed by atoms with E-state index in [4.69, 9.17) is 0 Å². The first-order valence-electron chi connectivity index (χ1n) is 11.3. The number of thioether (sulfide) groups is 2. The monoisotopic (exact) mass is 465 g/mol. The highest BCUT2D eigenvalue weighted by atomic mass is 32.2. The molecule has 1 aliphatic heterocycles. The molecule has 1 aliphatic rings. The number of nitriles is 1. The molecule has 3 nitrogen and oxygen atoms in total. The lowest BCUT2D eigenvalue weighted by Crippen LogP contribution is -2.17. The van der Waals surface area contributed by atoms with Gasteiger partial charge in [-0.3, -0.25) is 4.98 Å². The lowest BCUT2D eigenvalue weighted by molar-refractivity contribution is 0.511. The van der Waals surface area contributed by atoms with Crippen molar-refractivity contribution in [2.45, 2.75) is 52.4 Å². The van der Waals surface area contributed by atoms with Gasteiger partial charge < -0.3 is 4.90 Å². The van der Waals surface area contributed by atoms with E-state index in [-0.39, 0.29) is 0 Å². The van der Waals surface area contributed by atoms with E-state index in [9.17, 15) is 5.26 Å². The summed E-state index contributed by atoms with van der Waals surface area (Å²) in [7, 11) is 0. The van der Waals surface area contributed by atoms with Gasteiger partial charge in [-0.05, 0) is 31.6 Å². The Labute approximate surface area is 203 Å². The number of fused-ring (bicyclic) bond motifs is 1. The first-order chi connectivity index (χ1) is 15.8. The van der Waals surface area contributed by atoms with E-state index < -0.39 is 0 Å². The number of allylic oxidation sites excluding steroid dienone is 5. The third kappa shape index (κ3) is 7.62. The molecular formula is C27H35N3S2. The summed E-state index contributed by atoms with van der Waals surface area (Å²) in [6.45, 7) is 14.8. The summed E-state index contributed by atoms with van der Waals surface area (Å²) in [5.74, 6) is 1.04. The van der Waals surface area contributed by atoms with Crippen LogP contribution >= 0.6 is 23.5 Å². The average Bonchev–Trinajstić information content (AvgIpc) is 3.34. The molecule has 3 rings (SSSR count). The SMILES string of the molecule is C=C/C=C\C(=C/C)N1CCS/C1=C(/CCC#N)Sc1cccc2cccnc12.CC.CC. The number of hydrogen-bond acceptors (Lipinski definition) is 5. The van der Waals surface area contributed by atoms with Crippen LogP contribution in [0.4, 0.5) is 0 Å². The summed E-state index contributed by atoms with van der Waals surface area (Å²) in [4.78, 5) is 9.30. The highest BCUT2D eigenvalue weighted by Gasteiger charge is 2.24. The second-order valence-electron chi connectivity index (χ2n) is 6.13. The average molecular weight is 466 g/mol. The molecule has 2 aromatic rings. The van der Waals surface area contributed by atoms with Gasteiger partial charge in [-0.2, -0.15) is 5.26 Å². The van der Waals surface area contributed by atoms with E-state index in [0.717, 1.165) is 40.2 Å². The Kier molecular flexibility index (Phi) is 14.0. The second-order valence-corrected chi connectivity index (χ2v) is 8.35. The maximum Gasteiger partial charge on any atom is 0.0853 e. The summed E-state index contributed by atoms with van der Waals surface area (Å²) in [6.07, 6.45) is 11.1. The van der Waals surface area contributed by atoms with Crippen molar-refractivity contribution in [1.29, 1.82) is 5.26 Å². The maximum atomic E-state index is 9.18. The van der Waals surface area contributed by atoms with Gasteiger partial charge in [0.25, 0.3) is 0 Å². The third-order valence-electron chi connectivity index (χ3n) is 4.34. The van der Waals surface area contributed by atoms with Crippen LogP contribution in [0, 0.1) is 11.3 Å². The van der Waals surface area contributed by atoms with E-state index in [0.29, 0.717) is 6.42 Å². The molecule has 0 aliphatic carbocycles. The zero-order chi connectivity index (χ0) is 23.8. The maximum absolute atomic E-state index is 9.18. The molecular weight excluding hydrogens is 430 g/mol. The van der Waals surface area contributed by atoms with Crippen molar-refractivity contribution >= 4 is 34.4 Å². The summed E-state index contributed by atoms with van der Waals surface area (Å²) >= 11 is 3.61. The predicted octanol–water partition coefficient (Wildman–Crippen LogP) is 8.55. The molecule has 1 aromatic heterocycles. The Bertz CT molecular complexity index is 979. The van der Waals surface area contributed by atoms with Crippen LogP contribution in [-0.2, 0) is 0 Å². The van der Waals surface area contributed by atoms with Crippen molar-refractivity contribution in [3.8, 4) is 6.07 Å². The number of hydrogen-bond donors (Lipinski definition) is 0. The van der Waals surface area contributed by atoms with Gasteiger partial charge in [-0.1, -0.05) is 82.5 Å². The Morgan fingerprint density at radius 2 is 2.00 bits per heavy atom. The lowest BCUT2D eigenvalue weighted by atomic mass is 10.2. The molecule has 1 aromatic carbocycles. The Balaban J connectivity index is 0.00000121. The Morgan fingerprint density at radius 3 is 2.69 bits per heavy atom. The quantitative estimate of drug-likeness (QED) is 0.302. The summed E-state index contributed by atoms with van der Waals surface area (Å²) < 4.78 is 0.